The molecule has 0 N–H and O–H groups in total. The van der Waals surface area contributed by atoms with Crippen molar-refractivity contribution in [3.63, 3.8) is 0 Å². The summed E-state index contributed by atoms with van der Waals surface area (Å²) in [4.78, 5) is 11.1. The minimum atomic E-state index is -0.311. The van der Waals surface area contributed by atoms with E-state index in [0.717, 1.165) is 16.5 Å². The first-order chi connectivity index (χ1) is 7.95. The molecular formula is C14H18N2O. The predicted molar refractivity (Wildman–Crippen MR) is 70.9 cm³/mol. The van der Waals surface area contributed by atoms with Crippen molar-refractivity contribution in [1.82, 2.24) is 4.57 Å². The van der Waals surface area contributed by atoms with Crippen molar-refractivity contribution in [1.29, 1.82) is 0 Å². The fraction of sp³-hybridized carbons (Fsp3) is 0.429. The van der Waals surface area contributed by atoms with Gasteiger partial charge in [0.05, 0.1) is 0 Å². The van der Waals surface area contributed by atoms with E-state index < -0.39 is 0 Å². The molecule has 2 aromatic rings. The van der Waals surface area contributed by atoms with E-state index in [1.165, 1.54) is 0 Å². The molecule has 0 radical (unpaired) electrons. The van der Waals surface area contributed by atoms with Crippen molar-refractivity contribution >= 4 is 10.9 Å². The molecule has 0 fully saturated rings. The number of rotatable bonds is 2. The van der Waals surface area contributed by atoms with Crippen LogP contribution >= 0.6 is 0 Å². The van der Waals surface area contributed by atoms with Gasteiger partial charge in [0.1, 0.15) is 6.04 Å². The van der Waals surface area contributed by atoms with Crippen molar-refractivity contribution in [2.45, 2.75) is 26.8 Å². The molecule has 0 bridgehead atoms. The van der Waals surface area contributed by atoms with Crippen LogP contribution in [-0.4, -0.2) is 4.57 Å². The third-order valence-corrected chi connectivity index (χ3v) is 3.15. The number of nitrogens with zero attached hydrogens (tertiary/aromatic N) is 2. The molecular weight excluding hydrogens is 212 g/mol. The molecule has 17 heavy (non-hydrogen) atoms. The van der Waals surface area contributed by atoms with E-state index in [4.69, 9.17) is 0 Å². The van der Waals surface area contributed by atoms with E-state index in [1.54, 1.807) is 0 Å². The molecule has 0 aliphatic rings. The topological polar surface area (TPSA) is 34.4 Å². The highest BCUT2D eigenvalue weighted by Crippen LogP contribution is 2.39. The lowest BCUT2D eigenvalue weighted by Gasteiger charge is -2.24. The molecule has 1 aromatic carbocycles. The van der Waals surface area contributed by atoms with Crippen molar-refractivity contribution in [3.8, 4) is 0 Å². The number of benzene rings is 1. The van der Waals surface area contributed by atoms with Crippen LogP contribution < -0.4 is 0 Å². The van der Waals surface area contributed by atoms with Crippen molar-refractivity contribution in [2.24, 2.45) is 17.6 Å². The summed E-state index contributed by atoms with van der Waals surface area (Å²) in [5, 5.41) is 4.45. The highest BCUT2D eigenvalue weighted by molar-refractivity contribution is 5.84. The summed E-state index contributed by atoms with van der Waals surface area (Å²) in [5.41, 5.74) is 2.00. The molecule has 90 valence electrons. The maximum absolute atomic E-state index is 11.1. The van der Waals surface area contributed by atoms with Gasteiger partial charge in [-0.2, -0.15) is 4.91 Å². The van der Waals surface area contributed by atoms with E-state index in [9.17, 15) is 4.91 Å². The van der Waals surface area contributed by atoms with Crippen LogP contribution in [0.5, 0.6) is 0 Å². The molecule has 0 saturated heterocycles. The summed E-state index contributed by atoms with van der Waals surface area (Å²) < 4.78 is 2.05. The molecule has 0 saturated carbocycles. The Balaban J connectivity index is 2.66. The second kappa shape index (κ2) is 3.99. The minimum absolute atomic E-state index is 0.161. The van der Waals surface area contributed by atoms with Crippen LogP contribution in [0.2, 0.25) is 0 Å². The third-order valence-electron chi connectivity index (χ3n) is 3.15. The van der Waals surface area contributed by atoms with Crippen molar-refractivity contribution in [2.75, 3.05) is 0 Å². The third kappa shape index (κ3) is 1.97. The molecule has 0 aliphatic carbocycles. The summed E-state index contributed by atoms with van der Waals surface area (Å²) in [6, 6.07) is 7.80. The van der Waals surface area contributed by atoms with Gasteiger partial charge < -0.3 is 4.57 Å². The van der Waals surface area contributed by atoms with Gasteiger partial charge in [0.25, 0.3) is 0 Å². The lowest BCUT2D eigenvalue weighted by Crippen LogP contribution is -2.15. The zero-order valence-corrected chi connectivity index (χ0v) is 10.8. The average Bonchev–Trinajstić information content (AvgIpc) is 2.56. The first-order valence-corrected chi connectivity index (χ1v) is 5.81. The molecule has 1 heterocycles. The molecule has 3 nitrogen and oxygen atoms in total. The highest BCUT2D eigenvalue weighted by Gasteiger charge is 2.29. The first kappa shape index (κ1) is 11.8. The Kier molecular flexibility index (Phi) is 2.77. The van der Waals surface area contributed by atoms with E-state index >= 15 is 0 Å². The van der Waals surface area contributed by atoms with Crippen LogP contribution in [-0.2, 0) is 7.05 Å². The van der Waals surface area contributed by atoms with Gasteiger partial charge >= 0.3 is 0 Å². The molecule has 0 amide bonds. The second-order valence-electron chi connectivity index (χ2n) is 5.59. The van der Waals surface area contributed by atoms with Gasteiger partial charge in [0.15, 0.2) is 0 Å². The van der Waals surface area contributed by atoms with Crippen LogP contribution in [0.3, 0.4) is 0 Å². The number of hydrogen-bond acceptors (Lipinski definition) is 2. The van der Waals surface area contributed by atoms with Crippen LogP contribution in [0.25, 0.3) is 10.9 Å². The summed E-state index contributed by atoms with van der Waals surface area (Å²) in [5.74, 6) is 0. The SMILES string of the molecule is Cn1cc(C(N=O)C(C)(C)C)c2ccccc21. The number of fused-ring (bicyclic) bond motifs is 1. The zero-order valence-electron chi connectivity index (χ0n) is 10.8. The maximum Gasteiger partial charge on any atom is 0.124 e. The van der Waals surface area contributed by atoms with Gasteiger partial charge in [-0.3, -0.25) is 0 Å². The lowest BCUT2D eigenvalue weighted by atomic mass is 9.83. The summed E-state index contributed by atoms with van der Waals surface area (Å²) in [6.45, 7) is 6.13. The standard InChI is InChI=1S/C14H18N2O/c1-14(2,3)13(15-17)11-9-16(4)12-8-6-5-7-10(11)12/h5-9,13H,1-4H3. The Bertz CT molecular complexity index is 549. The number of hydrogen-bond donors (Lipinski definition) is 0. The molecule has 3 heteroatoms. The van der Waals surface area contributed by atoms with Gasteiger partial charge in [-0.25, -0.2) is 0 Å². The van der Waals surface area contributed by atoms with E-state index in [-0.39, 0.29) is 11.5 Å². The number of nitroso groups, excluding NO2 is 1. The summed E-state index contributed by atoms with van der Waals surface area (Å²) in [7, 11) is 2.00. The molecule has 1 aromatic heterocycles. The van der Waals surface area contributed by atoms with Gasteiger partial charge in [-0.1, -0.05) is 44.1 Å². The molecule has 1 atom stereocenters. The van der Waals surface area contributed by atoms with E-state index in [2.05, 4.69) is 21.9 Å². The van der Waals surface area contributed by atoms with Gasteiger partial charge in [0.2, 0.25) is 0 Å². The Labute approximate surface area is 101 Å². The fourth-order valence-corrected chi connectivity index (χ4v) is 2.27. The van der Waals surface area contributed by atoms with Crippen LogP contribution in [0.4, 0.5) is 0 Å². The molecule has 2 rings (SSSR count). The van der Waals surface area contributed by atoms with Crippen molar-refractivity contribution in [3.05, 3.63) is 40.9 Å². The van der Waals surface area contributed by atoms with Gasteiger partial charge in [0, 0.05) is 29.7 Å². The number of aryl methyl sites for hydroxylation is 1. The average molecular weight is 230 g/mol. The smallest absolute Gasteiger partial charge is 0.124 e. The Morgan fingerprint density at radius 2 is 1.88 bits per heavy atom. The van der Waals surface area contributed by atoms with Crippen molar-refractivity contribution < 1.29 is 0 Å². The second-order valence-corrected chi connectivity index (χ2v) is 5.59. The Hall–Kier alpha value is -1.64. The number of aromatic nitrogens is 1. The molecule has 1 unspecified atom stereocenters. The first-order valence-electron chi connectivity index (χ1n) is 5.81. The minimum Gasteiger partial charge on any atom is -0.350 e. The van der Waals surface area contributed by atoms with Crippen LogP contribution in [0, 0.1) is 10.3 Å². The highest BCUT2D eigenvalue weighted by atomic mass is 16.3. The Morgan fingerprint density at radius 3 is 2.47 bits per heavy atom. The lowest BCUT2D eigenvalue weighted by molar-refractivity contribution is 0.328. The molecule has 0 aliphatic heterocycles. The predicted octanol–water partition coefficient (Wildman–Crippen LogP) is 4.03. The largest absolute Gasteiger partial charge is 0.350 e. The van der Waals surface area contributed by atoms with Gasteiger partial charge in [-0.05, 0) is 11.5 Å². The molecule has 0 spiro atoms. The van der Waals surface area contributed by atoms with E-state index in [1.807, 2.05) is 46.1 Å². The number of para-hydroxylation sites is 1. The maximum atomic E-state index is 11.1. The zero-order chi connectivity index (χ0) is 12.6. The Morgan fingerprint density at radius 1 is 1.24 bits per heavy atom. The van der Waals surface area contributed by atoms with Gasteiger partial charge in [-0.15, -0.1) is 0 Å². The summed E-state index contributed by atoms with van der Waals surface area (Å²) in [6.07, 6.45) is 2.02. The fourth-order valence-electron chi connectivity index (χ4n) is 2.27. The summed E-state index contributed by atoms with van der Waals surface area (Å²) >= 11 is 0. The normalized spacial score (nSPS) is 13.9. The van der Waals surface area contributed by atoms with Crippen LogP contribution in [0.15, 0.2) is 35.6 Å². The van der Waals surface area contributed by atoms with Crippen LogP contribution in [0.1, 0.15) is 32.4 Å². The quantitative estimate of drug-likeness (QED) is 0.717. The monoisotopic (exact) mass is 230 g/mol. The van der Waals surface area contributed by atoms with E-state index in [0.29, 0.717) is 0 Å².